The molecule has 0 radical (unpaired) electrons. The SMILES string of the molecule is CC(NC(=O)C(NC(=O)C(N)CC(N)=O)C(C)C)C(=O)NC(CC(N)=O)C(=O)O. The third kappa shape index (κ3) is 9.51. The van der Waals surface area contributed by atoms with Crippen molar-refractivity contribution >= 4 is 35.5 Å². The Balaban J connectivity index is 5.02. The molecule has 0 aromatic rings. The number of carbonyl (C=O) groups excluding carboxylic acids is 5. The fourth-order valence-corrected chi connectivity index (χ4v) is 2.17. The average Bonchev–Trinajstić information content (AvgIpc) is 2.56. The van der Waals surface area contributed by atoms with Crippen LogP contribution in [0.25, 0.3) is 0 Å². The van der Waals surface area contributed by atoms with E-state index >= 15 is 0 Å². The zero-order valence-electron chi connectivity index (χ0n) is 16.4. The first-order valence-corrected chi connectivity index (χ1v) is 8.72. The number of nitrogens with two attached hydrogens (primary N) is 3. The molecule has 13 heteroatoms. The number of hydrogen-bond donors (Lipinski definition) is 7. The van der Waals surface area contributed by atoms with E-state index in [0.717, 1.165) is 0 Å². The summed E-state index contributed by atoms with van der Waals surface area (Å²) >= 11 is 0. The molecule has 4 unspecified atom stereocenters. The van der Waals surface area contributed by atoms with Gasteiger partial charge in [0.2, 0.25) is 29.5 Å². The molecule has 0 aliphatic rings. The van der Waals surface area contributed by atoms with Crippen molar-refractivity contribution in [2.75, 3.05) is 0 Å². The molecule has 164 valence electrons. The quantitative estimate of drug-likeness (QED) is 0.166. The second-order valence-corrected chi connectivity index (χ2v) is 6.81. The molecule has 4 atom stereocenters. The first kappa shape index (κ1) is 25.8. The number of hydrogen-bond acceptors (Lipinski definition) is 7. The van der Waals surface area contributed by atoms with E-state index in [2.05, 4.69) is 16.0 Å². The van der Waals surface area contributed by atoms with Gasteiger partial charge in [-0.2, -0.15) is 0 Å². The molecule has 5 amide bonds. The second-order valence-electron chi connectivity index (χ2n) is 6.81. The Morgan fingerprint density at radius 2 is 1.31 bits per heavy atom. The van der Waals surface area contributed by atoms with Crippen molar-refractivity contribution in [3.05, 3.63) is 0 Å². The van der Waals surface area contributed by atoms with E-state index in [-0.39, 0.29) is 0 Å². The van der Waals surface area contributed by atoms with E-state index in [1.807, 2.05) is 0 Å². The van der Waals surface area contributed by atoms with E-state index < -0.39 is 78.4 Å². The maximum Gasteiger partial charge on any atom is 0.326 e. The molecule has 0 rings (SSSR count). The zero-order valence-corrected chi connectivity index (χ0v) is 16.4. The van der Waals surface area contributed by atoms with E-state index in [1.54, 1.807) is 13.8 Å². The number of rotatable bonds is 12. The molecule has 0 aliphatic heterocycles. The molecule has 0 saturated heterocycles. The first-order chi connectivity index (χ1) is 13.3. The maximum atomic E-state index is 12.4. The van der Waals surface area contributed by atoms with Gasteiger partial charge in [0.15, 0.2) is 0 Å². The fourth-order valence-electron chi connectivity index (χ4n) is 2.17. The summed E-state index contributed by atoms with van der Waals surface area (Å²) in [6.45, 7) is 4.54. The van der Waals surface area contributed by atoms with Crippen LogP contribution in [0.5, 0.6) is 0 Å². The minimum absolute atomic E-state index is 0.406. The van der Waals surface area contributed by atoms with Gasteiger partial charge in [0.05, 0.1) is 18.9 Å². The van der Waals surface area contributed by atoms with Gasteiger partial charge in [-0.15, -0.1) is 0 Å². The number of carbonyl (C=O) groups is 6. The smallest absolute Gasteiger partial charge is 0.326 e. The van der Waals surface area contributed by atoms with Gasteiger partial charge in [0, 0.05) is 0 Å². The molecule has 0 bridgehead atoms. The van der Waals surface area contributed by atoms with Crippen LogP contribution >= 0.6 is 0 Å². The maximum absolute atomic E-state index is 12.4. The molecular weight excluding hydrogens is 388 g/mol. The summed E-state index contributed by atoms with van der Waals surface area (Å²) < 4.78 is 0. The van der Waals surface area contributed by atoms with Gasteiger partial charge in [-0.05, 0) is 12.8 Å². The summed E-state index contributed by atoms with van der Waals surface area (Å²) in [4.78, 5) is 69.4. The zero-order chi connectivity index (χ0) is 22.9. The molecule has 0 spiro atoms. The van der Waals surface area contributed by atoms with Crippen LogP contribution in [-0.4, -0.2) is 64.8 Å². The molecule has 0 aromatic heterocycles. The summed E-state index contributed by atoms with van der Waals surface area (Å²) in [5.74, 6) is -5.96. The Kier molecular flexibility index (Phi) is 10.3. The largest absolute Gasteiger partial charge is 0.480 e. The van der Waals surface area contributed by atoms with Crippen LogP contribution in [0.4, 0.5) is 0 Å². The lowest BCUT2D eigenvalue weighted by Gasteiger charge is -2.25. The van der Waals surface area contributed by atoms with Crippen molar-refractivity contribution in [2.45, 2.75) is 57.8 Å². The molecule has 10 N–H and O–H groups in total. The summed E-state index contributed by atoms with van der Waals surface area (Å²) in [5, 5.41) is 15.8. The van der Waals surface area contributed by atoms with E-state index in [0.29, 0.717) is 0 Å². The lowest BCUT2D eigenvalue weighted by molar-refractivity contribution is -0.143. The standard InChI is InChI=1S/C16H28N6O7/c1-6(2)12(22-14(26)8(17)4-10(18)23)15(27)20-7(3)13(25)21-9(16(28)29)5-11(19)24/h6-9,12H,4-5,17H2,1-3H3,(H2,18,23)(H2,19,24)(H,20,27)(H,21,25)(H,22,26)(H,28,29). The van der Waals surface area contributed by atoms with Crippen molar-refractivity contribution in [1.82, 2.24) is 16.0 Å². The van der Waals surface area contributed by atoms with Gasteiger partial charge in [0.1, 0.15) is 18.1 Å². The molecule has 0 fully saturated rings. The number of aliphatic carboxylic acids is 1. The number of carboxylic acids is 1. The Hall–Kier alpha value is -3.22. The van der Waals surface area contributed by atoms with Crippen LogP contribution in [0, 0.1) is 5.92 Å². The van der Waals surface area contributed by atoms with E-state index in [4.69, 9.17) is 22.3 Å². The van der Waals surface area contributed by atoms with Crippen LogP contribution < -0.4 is 33.2 Å². The number of nitrogens with one attached hydrogen (secondary N) is 3. The molecule has 0 heterocycles. The van der Waals surface area contributed by atoms with Crippen LogP contribution in [0.1, 0.15) is 33.6 Å². The fraction of sp³-hybridized carbons (Fsp3) is 0.625. The monoisotopic (exact) mass is 416 g/mol. The normalized spacial score (nSPS) is 14.8. The Labute approximate surface area is 167 Å². The van der Waals surface area contributed by atoms with Gasteiger partial charge < -0.3 is 38.3 Å². The molecule has 0 aliphatic carbocycles. The van der Waals surface area contributed by atoms with Gasteiger partial charge in [0.25, 0.3) is 0 Å². The summed E-state index contributed by atoms with van der Waals surface area (Å²) in [5.41, 5.74) is 15.5. The van der Waals surface area contributed by atoms with Crippen LogP contribution in [0.15, 0.2) is 0 Å². The predicted molar refractivity (Wildman–Crippen MR) is 99.5 cm³/mol. The van der Waals surface area contributed by atoms with Crippen molar-refractivity contribution in [3.63, 3.8) is 0 Å². The third-order valence-electron chi connectivity index (χ3n) is 3.78. The first-order valence-electron chi connectivity index (χ1n) is 8.72. The van der Waals surface area contributed by atoms with Gasteiger partial charge in [-0.3, -0.25) is 24.0 Å². The highest BCUT2D eigenvalue weighted by Gasteiger charge is 2.30. The van der Waals surface area contributed by atoms with Crippen LogP contribution in [0.3, 0.4) is 0 Å². The van der Waals surface area contributed by atoms with Gasteiger partial charge in [-0.1, -0.05) is 13.8 Å². The average molecular weight is 416 g/mol. The Morgan fingerprint density at radius 1 is 0.793 bits per heavy atom. The predicted octanol–water partition coefficient (Wildman–Crippen LogP) is -3.72. The van der Waals surface area contributed by atoms with Crippen molar-refractivity contribution in [3.8, 4) is 0 Å². The topological polar surface area (TPSA) is 237 Å². The number of carboxylic acid groups (broad SMARTS) is 1. The highest BCUT2D eigenvalue weighted by atomic mass is 16.4. The van der Waals surface area contributed by atoms with Crippen LogP contribution in [-0.2, 0) is 28.8 Å². The Bertz CT molecular complexity index is 666. The summed E-state index contributed by atoms with van der Waals surface area (Å²) in [7, 11) is 0. The lowest BCUT2D eigenvalue weighted by atomic mass is 10.0. The van der Waals surface area contributed by atoms with E-state index in [1.165, 1.54) is 6.92 Å². The minimum Gasteiger partial charge on any atom is -0.480 e. The molecule has 0 aromatic carbocycles. The van der Waals surface area contributed by atoms with Crippen molar-refractivity contribution in [2.24, 2.45) is 23.1 Å². The summed E-state index contributed by atoms with van der Waals surface area (Å²) in [6.07, 6.45) is -1.03. The summed E-state index contributed by atoms with van der Waals surface area (Å²) in [6, 6.07) is -5.06. The highest BCUT2D eigenvalue weighted by molar-refractivity contribution is 5.95. The van der Waals surface area contributed by atoms with E-state index in [9.17, 15) is 28.8 Å². The number of primary amides is 2. The molecule has 29 heavy (non-hydrogen) atoms. The van der Waals surface area contributed by atoms with Crippen molar-refractivity contribution < 1.29 is 33.9 Å². The van der Waals surface area contributed by atoms with Crippen LogP contribution in [0.2, 0.25) is 0 Å². The van der Waals surface area contributed by atoms with Gasteiger partial charge in [-0.25, -0.2) is 4.79 Å². The molecule has 13 nitrogen and oxygen atoms in total. The Morgan fingerprint density at radius 3 is 1.72 bits per heavy atom. The van der Waals surface area contributed by atoms with Gasteiger partial charge >= 0.3 is 5.97 Å². The second kappa shape index (κ2) is 11.6. The molecular formula is C16H28N6O7. The number of amides is 5. The third-order valence-corrected chi connectivity index (χ3v) is 3.78. The van der Waals surface area contributed by atoms with Crippen molar-refractivity contribution in [1.29, 1.82) is 0 Å². The molecule has 0 saturated carbocycles. The minimum atomic E-state index is -1.55. The lowest BCUT2D eigenvalue weighted by Crippen LogP contribution is -2.58. The highest BCUT2D eigenvalue weighted by Crippen LogP contribution is 2.04.